The van der Waals surface area contributed by atoms with Crippen LogP contribution in [0.3, 0.4) is 0 Å². The molecule has 1 amide bonds. The second kappa shape index (κ2) is 6.75. The van der Waals surface area contributed by atoms with Crippen molar-refractivity contribution < 1.29 is 4.79 Å². The number of amides is 1. The molecule has 18 heavy (non-hydrogen) atoms. The largest absolute Gasteiger partial charge is 0.352 e. The topological polar surface area (TPSA) is 29.1 Å². The van der Waals surface area contributed by atoms with E-state index in [1.165, 1.54) is 0 Å². The van der Waals surface area contributed by atoms with Gasteiger partial charge < -0.3 is 5.32 Å². The molecule has 2 rings (SSSR count). The zero-order chi connectivity index (χ0) is 13.0. The lowest BCUT2D eigenvalue weighted by atomic mass is 9.89. The van der Waals surface area contributed by atoms with Gasteiger partial charge in [-0.1, -0.05) is 6.07 Å². The monoisotopic (exact) mass is 377 g/mol. The van der Waals surface area contributed by atoms with Gasteiger partial charge in [-0.15, -0.1) is 11.6 Å². The number of hydrogen-bond acceptors (Lipinski definition) is 1. The van der Waals surface area contributed by atoms with Crippen molar-refractivity contribution in [2.24, 2.45) is 5.92 Å². The maximum absolute atomic E-state index is 12.0. The quantitative estimate of drug-likeness (QED) is 0.630. The average Bonchev–Trinajstić information content (AvgIpc) is 2.38. The zero-order valence-electron chi connectivity index (χ0n) is 10.2. The number of carbonyl (C=O) groups excluding carboxylic acids is 1. The first kappa shape index (κ1) is 14.1. The van der Waals surface area contributed by atoms with Crippen LogP contribution in [-0.4, -0.2) is 17.8 Å². The number of carbonyl (C=O) groups is 1. The number of nitrogens with one attached hydrogen (secondary N) is 1. The highest BCUT2D eigenvalue weighted by molar-refractivity contribution is 14.1. The Morgan fingerprint density at radius 1 is 1.33 bits per heavy atom. The van der Waals surface area contributed by atoms with E-state index in [4.69, 9.17) is 11.6 Å². The Morgan fingerprint density at radius 2 is 2.06 bits per heavy atom. The molecule has 0 radical (unpaired) electrons. The fourth-order valence-corrected chi connectivity index (χ4v) is 3.09. The van der Waals surface area contributed by atoms with E-state index in [0.717, 1.165) is 41.4 Å². The first-order valence-corrected chi connectivity index (χ1v) is 7.84. The third-order valence-electron chi connectivity index (χ3n) is 3.41. The Labute approximate surface area is 127 Å². The van der Waals surface area contributed by atoms with Crippen molar-refractivity contribution in [2.75, 3.05) is 6.54 Å². The minimum atomic E-state index is 0.0292. The molecule has 1 N–H and O–H groups in total. The Bertz CT molecular complexity index is 416. The normalized spacial score (nSPS) is 23.7. The van der Waals surface area contributed by atoms with Crippen LogP contribution in [0, 0.1) is 9.49 Å². The molecule has 0 spiro atoms. The summed E-state index contributed by atoms with van der Waals surface area (Å²) >= 11 is 8.29. The summed E-state index contributed by atoms with van der Waals surface area (Å²) in [7, 11) is 0. The minimum Gasteiger partial charge on any atom is -0.352 e. The van der Waals surface area contributed by atoms with E-state index in [1.54, 1.807) is 0 Å². The molecule has 1 aromatic carbocycles. The number of alkyl halides is 1. The van der Waals surface area contributed by atoms with Gasteiger partial charge in [0.25, 0.3) is 5.91 Å². The van der Waals surface area contributed by atoms with Gasteiger partial charge in [-0.05, 0) is 72.4 Å². The molecular weight excluding hydrogens is 361 g/mol. The number of rotatable bonds is 3. The SMILES string of the molecule is O=C(NCC1CCC(Cl)CC1)c1cccc(I)c1. The van der Waals surface area contributed by atoms with E-state index in [-0.39, 0.29) is 5.91 Å². The summed E-state index contributed by atoms with van der Waals surface area (Å²) in [4.78, 5) is 12.0. The summed E-state index contributed by atoms with van der Waals surface area (Å²) in [5, 5.41) is 3.37. The van der Waals surface area contributed by atoms with Crippen molar-refractivity contribution >= 4 is 40.1 Å². The molecule has 1 fully saturated rings. The van der Waals surface area contributed by atoms with Gasteiger partial charge in [0.15, 0.2) is 0 Å². The first-order valence-electron chi connectivity index (χ1n) is 6.33. The third kappa shape index (κ3) is 4.12. The second-order valence-electron chi connectivity index (χ2n) is 4.84. The highest BCUT2D eigenvalue weighted by Crippen LogP contribution is 2.27. The molecule has 0 saturated heterocycles. The molecule has 1 saturated carbocycles. The Hall–Kier alpha value is -0.290. The molecule has 0 heterocycles. The van der Waals surface area contributed by atoms with Crippen LogP contribution >= 0.6 is 34.2 Å². The van der Waals surface area contributed by atoms with Gasteiger partial charge in [-0.25, -0.2) is 0 Å². The molecule has 0 bridgehead atoms. The van der Waals surface area contributed by atoms with E-state index >= 15 is 0 Å². The third-order valence-corrected chi connectivity index (χ3v) is 4.52. The van der Waals surface area contributed by atoms with E-state index in [9.17, 15) is 4.79 Å². The van der Waals surface area contributed by atoms with E-state index in [1.807, 2.05) is 24.3 Å². The van der Waals surface area contributed by atoms with Crippen molar-refractivity contribution in [3.63, 3.8) is 0 Å². The molecular formula is C14H17ClINO. The lowest BCUT2D eigenvalue weighted by Gasteiger charge is -2.25. The highest BCUT2D eigenvalue weighted by Gasteiger charge is 2.19. The molecule has 0 aromatic heterocycles. The van der Waals surface area contributed by atoms with Gasteiger partial charge in [0.05, 0.1) is 0 Å². The smallest absolute Gasteiger partial charge is 0.251 e. The predicted molar refractivity (Wildman–Crippen MR) is 83.1 cm³/mol. The summed E-state index contributed by atoms with van der Waals surface area (Å²) in [6.45, 7) is 0.772. The van der Waals surface area contributed by atoms with Crippen LogP contribution in [0.25, 0.3) is 0 Å². The molecule has 4 heteroatoms. The van der Waals surface area contributed by atoms with Crippen LogP contribution in [0.4, 0.5) is 0 Å². The summed E-state index contributed by atoms with van der Waals surface area (Å²) in [5.41, 5.74) is 0.743. The van der Waals surface area contributed by atoms with Crippen LogP contribution in [0.2, 0.25) is 0 Å². The van der Waals surface area contributed by atoms with Gasteiger partial charge in [0.1, 0.15) is 0 Å². The Morgan fingerprint density at radius 3 is 2.72 bits per heavy atom. The van der Waals surface area contributed by atoms with Crippen molar-refractivity contribution in [1.29, 1.82) is 0 Å². The van der Waals surface area contributed by atoms with Gasteiger partial charge in [0, 0.05) is 21.1 Å². The predicted octanol–water partition coefficient (Wildman–Crippen LogP) is 3.82. The minimum absolute atomic E-state index is 0.0292. The molecule has 0 unspecified atom stereocenters. The van der Waals surface area contributed by atoms with Crippen LogP contribution < -0.4 is 5.32 Å². The van der Waals surface area contributed by atoms with Crippen LogP contribution in [0.15, 0.2) is 24.3 Å². The highest BCUT2D eigenvalue weighted by atomic mass is 127. The first-order chi connectivity index (χ1) is 8.65. The molecule has 1 aliphatic rings. The maximum atomic E-state index is 12.0. The van der Waals surface area contributed by atoms with E-state index < -0.39 is 0 Å². The van der Waals surface area contributed by atoms with Gasteiger partial charge >= 0.3 is 0 Å². The average molecular weight is 378 g/mol. The summed E-state index contributed by atoms with van der Waals surface area (Å²) in [6.07, 6.45) is 4.40. The lowest BCUT2D eigenvalue weighted by molar-refractivity contribution is 0.0943. The van der Waals surface area contributed by atoms with E-state index in [0.29, 0.717) is 11.3 Å². The Kier molecular flexibility index (Phi) is 5.30. The van der Waals surface area contributed by atoms with Crippen molar-refractivity contribution in [2.45, 2.75) is 31.1 Å². The number of benzene rings is 1. The molecule has 0 aliphatic heterocycles. The molecule has 1 aliphatic carbocycles. The van der Waals surface area contributed by atoms with Crippen LogP contribution in [0.1, 0.15) is 36.0 Å². The Balaban J connectivity index is 1.81. The fraction of sp³-hybridized carbons (Fsp3) is 0.500. The summed E-state index contributed by atoms with van der Waals surface area (Å²) in [6, 6.07) is 7.66. The van der Waals surface area contributed by atoms with Gasteiger partial charge in [-0.3, -0.25) is 4.79 Å². The summed E-state index contributed by atoms with van der Waals surface area (Å²) < 4.78 is 1.09. The van der Waals surface area contributed by atoms with E-state index in [2.05, 4.69) is 27.9 Å². The summed E-state index contributed by atoms with van der Waals surface area (Å²) in [5.74, 6) is 0.619. The molecule has 1 aromatic rings. The molecule has 98 valence electrons. The lowest BCUT2D eigenvalue weighted by Crippen LogP contribution is -2.31. The van der Waals surface area contributed by atoms with Crippen LogP contribution in [-0.2, 0) is 0 Å². The standard InChI is InChI=1S/C14H17ClINO/c15-12-6-4-10(5-7-12)9-17-14(18)11-2-1-3-13(16)8-11/h1-3,8,10,12H,4-7,9H2,(H,17,18). The maximum Gasteiger partial charge on any atom is 0.251 e. The van der Waals surface area contributed by atoms with Crippen LogP contribution in [0.5, 0.6) is 0 Å². The molecule has 0 atom stereocenters. The van der Waals surface area contributed by atoms with Crippen molar-refractivity contribution in [1.82, 2.24) is 5.32 Å². The number of halogens is 2. The van der Waals surface area contributed by atoms with Crippen molar-refractivity contribution in [3.8, 4) is 0 Å². The van der Waals surface area contributed by atoms with Gasteiger partial charge in [0.2, 0.25) is 0 Å². The fourth-order valence-electron chi connectivity index (χ4n) is 2.29. The van der Waals surface area contributed by atoms with Crippen molar-refractivity contribution in [3.05, 3.63) is 33.4 Å². The molecule has 2 nitrogen and oxygen atoms in total. The van der Waals surface area contributed by atoms with Gasteiger partial charge in [-0.2, -0.15) is 0 Å². The zero-order valence-corrected chi connectivity index (χ0v) is 13.1. The number of hydrogen-bond donors (Lipinski definition) is 1. The second-order valence-corrected chi connectivity index (χ2v) is 6.70.